The van der Waals surface area contributed by atoms with E-state index in [2.05, 4.69) is 9.97 Å². The first-order valence-electron chi connectivity index (χ1n) is 2.90. The van der Waals surface area contributed by atoms with Gasteiger partial charge in [-0.1, -0.05) is 11.6 Å². The number of halogens is 1. The number of rotatable bonds is 1. The van der Waals surface area contributed by atoms with Crippen molar-refractivity contribution in [3.05, 3.63) is 10.7 Å². The number of amides is 1. The molecular formula is C5H6ClN5O. The summed E-state index contributed by atoms with van der Waals surface area (Å²) in [5, 5.41) is -0.132. The maximum atomic E-state index is 10.7. The molecule has 6 N–H and O–H groups in total. The minimum atomic E-state index is -0.780. The molecule has 1 aromatic rings. The summed E-state index contributed by atoms with van der Waals surface area (Å²) < 4.78 is 0. The molecule has 0 saturated carbocycles. The van der Waals surface area contributed by atoms with Crippen LogP contribution in [0.25, 0.3) is 0 Å². The molecule has 1 rings (SSSR count). The molecule has 0 fully saturated rings. The minimum absolute atomic E-state index is 0.0949. The van der Waals surface area contributed by atoms with Crippen molar-refractivity contribution in [2.75, 3.05) is 11.5 Å². The normalized spacial score (nSPS) is 9.75. The zero-order valence-corrected chi connectivity index (χ0v) is 6.67. The summed E-state index contributed by atoms with van der Waals surface area (Å²) in [5.41, 5.74) is 15.3. The Morgan fingerprint density at radius 2 is 1.92 bits per heavy atom. The summed E-state index contributed by atoms with van der Waals surface area (Å²) in [7, 11) is 0. The number of nitrogens with two attached hydrogens (primary N) is 3. The van der Waals surface area contributed by atoms with E-state index in [0.29, 0.717) is 0 Å². The van der Waals surface area contributed by atoms with Crippen LogP contribution in [-0.4, -0.2) is 15.9 Å². The molecule has 7 heteroatoms. The quantitative estimate of drug-likeness (QED) is 0.507. The fraction of sp³-hybridized carbons (Fsp3) is 0. The second kappa shape index (κ2) is 2.82. The number of aromatic nitrogens is 2. The van der Waals surface area contributed by atoms with E-state index in [4.69, 9.17) is 28.8 Å². The predicted molar refractivity (Wildman–Crippen MR) is 44.4 cm³/mol. The molecule has 0 unspecified atom stereocenters. The van der Waals surface area contributed by atoms with Crippen LogP contribution in [0.5, 0.6) is 0 Å². The Balaban J connectivity index is 3.38. The molecule has 12 heavy (non-hydrogen) atoms. The van der Waals surface area contributed by atoms with Gasteiger partial charge in [-0.2, -0.15) is 4.98 Å². The largest absolute Gasteiger partial charge is 0.383 e. The highest BCUT2D eigenvalue weighted by atomic mass is 35.5. The van der Waals surface area contributed by atoms with Crippen molar-refractivity contribution >= 4 is 29.3 Å². The van der Waals surface area contributed by atoms with Gasteiger partial charge in [0.2, 0.25) is 5.95 Å². The molecule has 6 nitrogen and oxygen atoms in total. The molecule has 0 aliphatic carbocycles. The third-order valence-electron chi connectivity index (χ3n) is 1.16. The first-order chi connectivity index (χ1) is 5.52. The molecular weight excluding hydrogens is 182 g/mol. The third kappa shape index (κ3) is 1.37. The van der Waals surface area contributed by atoms with Gasteiger partial charge in [-0.15, -0.1) is 0 Å². The van der Waals surface area contributed by atoms with Gasteiger partial charge in [0.1, 0.15) is 16.5 Å². The predicted octanol–water partition coefficient (Wildman–Crippen LogP) is -0.607. The highest BCUT2D eigenvalue weighted by molar-refractivity contribution is 6.33. The van der Waals surface area contributed by atoms with E-state index in [1.807, 2.05) is 0 Å². The van der Waals surface area contributed by atoms with E-state index in [0.717, 1.165) is 0 Å². The van der Waals surface area contributed by atoms with Crippen molar-refractivity contribution in [2.45, 2.75) is 0 Å². The third-order valence-corrected chi connectivity index (χ3v) is 1.43. The molecule has 0 saturated heterocycles. The average molecular weight is 188 g/mol. The number of carbonyl (C=O) groups is 1. The van der Waals surface area contributed by atoms with Crippen molar-refractivity contribution in [1.29, 1.82) is 0 Å². The van der Waals surface area contributed by atoms with Crippen LogP contribution in [0.1, 0.15) is 10.4 Å². The van der Waals surface area contributed by atoms with Gasteiger partial charge in [0.15, 0.2) is 0 Å². The number of nitrogens with zero attached hydrogens (tertiary/aromatic N) is 2. The first-order valence-corrected chi connectivity index (χ1v) is 3.28. The van der Waals surface area contributed by atoms with Gasteiger partial charge in [0, 0.05) is 0 Å². The van der Waals surface area contributed by atoms with E-state index in [9.17, 15) is 4.79 Å². The lowest BCUT2D eigenvalue weighted by molar-refractivity contribution is 0.100. The van der Waals surface area contributed by atoms with E-state index in [1.165, 1.54) is 0 Å². The van der Waals surface area contributed by atoms with Gasteiger partial charge >= 0.3 is 0 Å². The molecule has 1 heterocycles. The highest BCUT2D eigenvalue weighted by Crippen LogP contribution is 2.18. The Kier molecular flexibility index (Phi) is 2.01. The minimum Gasteiger partial charge on any atom is -0.383 e. The van der Waals surface area contributed by atoms with Gasteiger partial charge in [-0.3, -0.25) is 4.79 Å². The van der Waals surface area contributed by atoms with Crippen LogP contribution >= 0.6 is 11.6 Å². The molecule has 1 amide bonds. The molecule has 0 aliphatic rings. The number of anilines is 2. The van der Waals surface area contributed by atoms with Crippen molar-refractivity contribution in [3.63, 3.8) is 0 Å². The Bertz CT molecular complexity index is 316. The molecule has 0 aromatic carbocycles. The first kappa shape index (κ1) is 8.54. The van der Waals surface area contributed by atoms with Crippen LogP contribution in [0.2, 0.25) is 5.15 Å². The maximum Gasteiger partial charge on any atom is 0.255 e. The van der Waals surface area contributed by atoms with Gasteiger partial charge in [-0.25, -0.2) is 4.98 Å². The molecule has 0 radical (unpaired) electrons. The van der Waals surface area contributed by atoms with Gasteiger partial charge in [0.25, 0.3) is 5.91 Å². The Hall–Kier alpha value is -1.56. The van der Waals surface area contributed by atoms with E-state index in [-0.39, 0.29) is 22.5 Å². The molecule has 0 atom stereocenters. The average Bonchev–Trinajstić information content (AvgIpc) is 1.82. The van der Waals surface area contributed by atoms with Crippen LogP contribution in [0.15, 0.2) is 0 Å². The smallest absolute Gasteiger partial charge is 0.255 e. The Morgan fingerprint density at radius 3 is 2.33 bits per heavy atom. The SMILES string of the molecule is NC(=O)c1c(N)nc(N)nc1Cl. The van der Waals surface area contributed by atoms with E-state index in [1.54, 1.807) is 0 Å². The lowest BCUT2D eigenvalue weighted by Crippen LogP contribution is -2.16. The van der Waals surface area contributed by atoms with E-state index < -0.39 is 5.91 Å². The molecule has 64 valence electrons. The zero-order chi connectivity index (χ0) is 9.30. The number of carbonyl (C=O) groups excluding carboxylic acids is 1. The number of primary amides is 1. The lowest BCUT2D eigenvalue weighted by atomic mass is 10.3. The standard InChI is InChI=1S/C5H6ClN5O/c6-2-1(4(8)12)3(7)11-5(9)10-2/h(H2,8,12)(H4,7,9,10,11). The lowest BCUT2D eigenvalue weighted by Gasteiger charge is -2.02. The van der Waals surface area contributed by atoms with E-state index >= 15 is 0 Å². The monoisotopic (exact) mass is 187 g/mol. The van der Waals surface area contributed by atoms with Crippen LogP contribution in [0.4, 0.5) is 11.8 Å². The summed E-state index contributed by atoms with van der Waals surface area (Å²) >= 11 is 5.52. The molecule has 0 bridgehead atoms. The fourth-order valence-corrected chi connectivity index (χ4v) is 0.971. The number of nitrogen functional groups attached to an aromatic ring is 2. The van der Waals surface area contributed by atoms with Gasteiger partial charge in [0.05, 0.1) is 0 Å². The highest BCUT2D eigenvalue weighted by Gasteiger charge is 2.14. The summed E-state index contributed by atoms with van der Waals surface area (Å²) in [6.45, 7) is 0. The van der Waals surface area contributed by atoms with Crippen molar-refractivity contribution in [1.82, 2.24) is 9.97 Å². The van der Waals surface area contributed by atoms with Gasteiger partial charge < -0.3 is 17.2 Å². The maximum absolute atomic E-state index is 10.7. The molecule has 1 aromatic heterocycles. The number of hydrogen-bond donors (Lipinski definition) is 3. The Morgan fingerprint density at radius 1 is 1.33 bits per heavy atom. The second-order valence-corrected chi connectivity index (χ2v) is 2.36. The van der Waals surface area contributed by atoms with Crippen molar-refractivity contribution < 1.29 is 4.79 Å². The summed E-state index contributed by atoms with van der Waals surface area (Å²) in [4.78, 5) is 17.7. The van der Waals surface area contributed by atoms with Gasteiger partial charge in [-0.05, 0) is 0 Å². The van der Waals surface area contributed by atoms with Crippen LogP contribution in [0, 0.1) is 0 Å². The molecule has 0 aliphatic heterocycles. The van der Waals surface area contributed by atoms with Crippen LogP contribution < -0.4 is 17.2 Å². The van der Waals surface area contributed by atoms with Crippen molar-refractivity contribution in [2.24, 2.45) is 5.73 Å². The summed E-state index contributed by atoms with van der Waals surface area (Å²) in [5.74, 6) is -0.986. The number of hydrogen-bond acceptors (Lipinski definition) is 5. The fourth-order valence-electron chi connectivity index (χ4n) is 0.694. The molecule has 0 spiro atoms. The van der Waals surface area contributed by atoms with Crippen LogP contribution in [-0.2, 0) is 0 Å². The second-order valence-electron chi connectivity index (χ2n) is 2.00. The van der Waals surface area contributed by atoms with Crippen molar-refractivity contribution in [3.8, 4) is 0 Å². The summed E-state index contributed by atoms with van der Waals surface area (Å²) in [6.07, 6.45) is 0. The topological polar surface area (TPSA) is 121 Å². The zero-order valence-electron chi connectivity index (χ0n) is 5.91. The Labute approximate surface area is 72.7 Å². The van der Waals surface area contributed by atoms with Crippen LogP contribution in [0.3, 0.4) is 0 Å². The summed E-state index contributed by atoms with van der Waals surface area (Å²) in [6, 6.07) is 0.